The van der Waals surface area contributed by atoms with Crippen LogP contribution < -0.4 is 14.8 Å². The summed E-state index contributed by atoms with van der Waals surface area (Å²) in [6, 6.07) is 8.78. The zero-order valence-electron chi connectivity index (χ0n) is 14.3. The van der Waals surface area contributed by atoms with Crippen molar-refractivity contribution in [3.63, 3.8) is 0 Å². The Balaban J connectivity index is 1.91. The minimum Gasteiger partial charge on any atom is -0.493 e. The van der Waals surface area contributed by atoms with Crippen LogP contribution in [0, 0.1) is 0 Å². The van der Waals surface area contributed by atoms with Crippen molar-refractivity contribution in [2.45, 2.75) is 12.5 Å². The first-order valence-electron chi connectivity index (χ1n) is 8.05. The first-order valence-corrected chi connectivity index (χ1v) is 9.66. The van der Waals surface area contributed by atoms with E-state index in [2.05, 4.69) is 50.4 Å². The maximum Gasteiger partial charge on any atom is 0.161 e. The second-order valence-electron chi connectivity index (χ2n) is 6.13. The van der Waals surface area contributed by atoms with Crippen molar-refractivity contribution in [2.24, 2.45) is 0 Å². The Labute approximate surface area is 155 Å². The molecule has 0 saturated heterocycles. The van der Waals surface area contributed by atoms with Gasteiger partial charge in [-0.05, 0) is 71.8 Å². The third-order valence-electron chi connectivity index (χ3n) is 4.15. The van der Waals surface area contributed by atoms with Crippen LogP contribution in [0.4, 0.5) is 0 Å². The van der Waals surface area contributed by atoms with Gasteiger partial charge in [-0.1, -0.05) is 0 Å². The summed E-state index contributed by atoms with van der Waals surface area (Å²) in [5.74, 6) is 1.64. The van der Waals surface area contributed by atoms with Crippen molar-refractivity contribution in [3.8, 4) is 11.5 Å². The number of hydrogen-bond donors (Lipinski definition) is 1. The van der Waals surface area contributed by atoms with Crippen molar-refractivity contribution in [2.75, 3.05) is 40.9 Å². The minimum absolute atomic E-state index is 0.215. The van der Waals surface area contributed by atoms with Crippen LogP contribution in [0.3, 0.4) is 0 Å². The molecule has 0 spiro atoms. The fourth-order valence-corrected chi connectivity index (χ4v) is 4.43. The number of thiophene rings is 1. The molecule has 1 N–H and O–H groups in total. The van der Waals surface area contributed by atoms with Crippen LogP contribution in [-0.4, -0.2) is 45.8 Å². The average Bonchev–Trinajstić information content (AvgIpc) is 2.99. The van der Waals surface area contributed by atoms with Gasteiger partial charge in [0.1, 0.15) is 6.61 Å². The van der Waals surface area contributed by atoms with Crippen LogP contribution in [0.5, 0.6) is 11.5 Å². The standard InChI is InChI=1S/C18H23BrN2O2S/c1-21(2)8-9-23-15-11-13-12(10-14(15)22-3)6-7-20-18(13)16-4-5-17(19)24-16/h4-5,10-11,18,20H,6-9H2,1-3H3. The number of hydrogen-bond acceptors (Lipinski definition) is 5. The van der Waals surface area contributed by atoms with Crippen molar-refractivity contribution in [1.29, 1.82) is 0 Å². The molecule has 2 heterocycles. The summed E-state index contributed by atoms with van der Waals surface area (Å²) in [4.78, 5) is 3.42. The summed E-state index contributed by atoms with van der Waals surface area (Å²) >= 11 is 5.34. The monoisotopic (exact) mass is 410 g/mol. The Hall–Kier alpha value is -1.08. The first kappa shape index (κ1) is 17.7. The molecule has 2 aromatic rings. The molecule has 1 unspecified atom stereocenters. The molecule has 0 fully saturated rings. The fourth-order valence-electron chi connectivity index (χ4n) is 2.91. The van der Waals surface area contributed by atoms with Crippen molar-refractivity contribution >= 4 is 27.3 Å². The Kier molecular flexibility index (Phi) is 5.81. The Morgan fingerprint density at radius 2 is 2.12 bits per heavy atom. The Morgan fingerprint density at radius 3 is 2.79 bits per heavy atom. The number of nitrogens with zero attached hydrogens (tertiary/aromatic N) is 1. The lowest BCUT2D eigenvalue weighted by Crippen LogP contribution is -2.30. The predicted molar refractivity (Wildman–Crippen MR) is 103 cm³/mol. The van der Waals surface area contributed by atoms with Crippen molar-refractivity contribution in [3.05, 3.63) is 44.1 Å². The summed E-state index contributed by atoms with van der Waals surface area (Å²) in [7, 11) is 5.79. The van der Waals surface area contributed by atoms with E-state index < -0.39 is 0 Å². The van der Waals surface area contributed by atoms with E-state index in [9.17, 15) is 0 Å². The zero-order valence-corrected chi connectivity index (χ0v) is 16.7. The highest BCUT2D eigenvalue weighted by Crippen LogP contribution is 2.39. The van der Waals surface area contributed by atoms with E-state index in [4.69, 9.17) is 9.47 Å². The molecule has 1 aromatic heterocycles. The highest BCUT2D eigenvalue weighted by molar-refractivity contribution is 9.11. The van der Waals surface area contributed by atoms with Gasteiger partial charge in [-0.2, -0.15) is 0 Å². The molecule has 0 amide bonds. The predicted octanol–water partition coefficient (Wildman–Crippen LogP) is 3.69. The van der Waals surface area contributed by atoms with Gasteiger partial charge in [0.2, 0.25) is 0 Å². The second kappa shape index (κ2) is 7.87. The van der Waals surface area contributed by atoms with Gasteiger partial charge in [0.15, 0.2) is 11.5 Å². The number of benzene rings is 1. The van der Waals surface area contributed by atoms with Gasteiger partial charge in [0.05, 0.1) is 16.9 Å². The maximum absolute atomic E-state index is 5.99. The smallest absolute Gasteiger partial charge is 0.161 e. The third-order valence-corrected chi connectivity index (χ3v) is 5.84. The number of fused-ring (bicyclic) bond motifs is 1. The first-order chi connectivity index (χ1) is 11.6. The lowest BCUT2D eigenvalue weighted by molar-refractivity contribution is 0.250. The van der Waals surface area contributed by atoms with Gasteiger partial charge in [-0.15, -0.1) is 11.3 Å². The van der Waals surface area contributed by atoms with E-state index in [1.165, 1.54) is 16.0 Å². The number of likely N-dealkylation sites (N-methyl/N-ethyl adjacent to an activating group) is 1. The van der Waals surface area contributed by atoms with Gasteiger partial charge < -0.3 is 19.7 Å². The van der Waals surface area contributed by atoms with Crippen LogP contribution in [-0.2, 0) is 6.42 Å². The molecule has 3 rings (SSSR count). The molecule has 0 saturated carbocycles. The molecule has 24 heavy (non-hydrogen) atoms. The number of methoxy groups -OCH3 is 1. The number of rotatable bonds is 6. The normalized spacial score (nSPS) is 17.0. The van der Waals surface area contributed by atoms with E-state index in [-0.39, 0.29) is 6.04 Å². The highest BCUT2D eigenvalue weighted by atomic mass is 79.9. The van der Waals surface area contributed by atoms with E-state index in [1.54, 1.807) is 18.4 Å². The maximum atomic E-state index is 5.99. The zero-order chi connectivity index (χ0) is 17.1. The quantitative estimate of drug-likeness (QED) is 0.786. The van der Waals surface area contributed by atoms with Gasteiger partial charge in [-0.3, -0.25) is 0 Å². The number of ether oxygens (including phenoxy) is 2. The molecule has 4 nitrogen and oxygen atoms in total. The minimum atomic E-state index is 0.215. The lowest BCUT2D eigenvalue weighted by Gasteiger charge is -2.27. The molecule has 1 atom stereocenters. The summed E-state index contributed by atoms with van der Waals surface area (Å²) in [6.07, 6.45) is 1.01. The van der Waals surface area contributed by atoms with Crippen LogP contribution >= 0.6 is 27.3 Å². The van der Waals surface area contributed by atoms with E-state index in [0.29, 0.717) is 6.61 Å². The molecule has 1 aliphatic heterocycles. The van der Waals surface area contributed by atoms with Crippen LogP contribution in [0.1, 0.15) is 22.0 Å². The summed E-state index contributed by atoms with van der Waals surface area (Å²) in [6.45, 7) is 2.49. The largest absolute Gasteiger partial charge is 0.493 e. The van der Waals surface area contributed by atoms with Gasteiger partial charge in [0.25, 0.3) is 0 Å². The summed E-state index contributed by atoms with van der Waals surface area (Å²) in [5, 5.41) is 3.63. The topological polar surface area (TPSA) is 33.7 Å². The fraction of sp³-hybridized carbons (Fsp3) is 0.444. The molecule has 6 heteroatoms. The highest BCUT2D eigenvalue weighted by Gasteiger charge is 2.25. The van der Waals surface area contributed by atoms with Crippen LogP contribution in [0.15, 0.2) is 28.1 Å². The van der Waals surface area contributed by atoms with Gasteiger partial charge in [0, 0.05) is 18.0 Å². The molecule has 1 aliphatic rings. The average molecular weight is 411 g/mol. The number of nitrogens with one attached hydrogen (secondary N) is 1. The SMILES string of the molecule is COc1cc2c(cc1OCCN(C)C)C(c1ccc(Br)s1)NCC2. The molecule has 130 valence electrons. The van der Waals surface area contributed by atoms with Crippen LogP contribution in [0.2, 0.25) is 0 Å². The molecule has 0 radical (unpaired) electrons. The molecular weight excluding hydrogens is 388 g/mol. The third kappa shape index (κ3) is 3.94. The summed E-state index contributed by atoms with van der Waals surface area (Å²) < 4.78 is 12.7. The lowest BCUT2D eigenvalue weighted by atomic mass is 9.92. The van der Waals surface area contributed by atoms with E-state index in [0.717, 1.165) is 34.8 Å². The second-order valence-corrected chi connectivity index (χ2v) is 8.63. The van der Waals surface area contributed by atoms with Gasteiger partial charge in [-0.25, -0.2) is 0 Å². The number of halogens is 1. The molecule has 1 aromatic carbocycles. The van der Waals surface area contributed by atoms with Crippen molar-refractivity contribution < 1.29 is 9.47 Å². The Morgan fingerprint density at radius 1 is 1.29 bits per heavy atom. The van der Waals surface area contributed by atoms with E-state index >= 15 is 0 Å². The Bertz CT molecular complexity index is 702. The molecular formula is C18H23BrN2O2S. The van der Waals surface area contributed by atoms with Crippen molar-refractivity contribution in [1.82, 2.24) is 10.2 Å². The molecule has 0 bridgehead atoms. The molecule has 0 aliphatic carbocycles. The van der Waals surface area contributed by atoms with Gasteiger partial charge >= 0.3 is 0 Å². The van der Waals surface area contributed by atoms with Crippen LogP contribution in [0.25, 0.3) is 0 Å². The van der Waals surface area contributed by atoms with E-state index in [1.807, 2.05) is 14.1 Å². The summed E-state index contributed by atoms with van der Waals surface area (Å²) in [5.41, 5.74) is 2.62.